The second-order valence-electron chi connectivity index (χ2n) is 14.9. The van der Waals surface area contributed by atoms with Crippen molar-refractivity contribution in [2.75, 3.05) is 26.3 Å². The van der Waals surface area contributed by atoms with Gasteiger partial charge in [0.2, 0.25) is 11.8 Å². The number of amides is 4. The van der Waals surface area contributed by atoms with E-state index in [0.717, 1.165) is 42.1 Å². The average Bonchev–Trinajstić information content (AvgIpc) is 3.32. The van der Waals surface area contributed by atoms with E-state index in [1.165, 1.54) is 0 Å². The predicted octanol–water partition coefficient (Wildman–Crippen LogP) is 3.43. The van der Waals surface area contributed by atoms with Gasteiger partial charge in [-0.05, 0) is 68.2 Å². The zero-order chi connectivity index (χ0) is 42.0. The van der Waals surface area contributed by atoms with Crippen molar-refractivity contribution in [1.82, 2.24) is 41.2 Å². The van der Waals surface area contributed by atoms with Gasteiger partial charge in [-0.25, -0.2) is 19.3 Å². The SMILES string of the molecule is CC(C)CC(NC(=O)N1CCCCCC1)C(=O)NC(Cc1cn(C)c2ccccc12)C(=O)NC(Cc1ccccn1)C(=O)OCCCCC(CON(O)O)ON(O)O. The fraction of sp³-hybridized carbons (Fsp3) is 0.564. The molecule has 7 N–H and O–H groups in total. The fourth-order valence-corrected chi connectivity index (χ4v) is 6.90. The molecule has 1 aromatic carbocycles. The number of nitrogens with one attached hydrogen (secondary N) is 3. The highest BCUT2D eigenvalue weighted by Crippen LogP contribution is 2.22. The van der Waals surface area contributed by atoms with Crippen LogP contribution in [0.3, 0.4) is 0 Å². The van der Waals surface area contributed by atoms with E-state index in [-0.39, 0.29) is 44.2 Å². The van der Waals surface area contributed by atoms with Crippen molar-refractivity contribution < 1.29 is 54.4 Å². The Kier molecular flexibility index (Phi) is 18.7. The van der Waals surface area contributed by atoms with Gasteiger partial charge in [-0.1, -0.05) is 51.0 Å². The summed E-state index contributed by atoms with van der Waals surface area (Å²) in [7, 11) is 1.89. The van der Waals surface area contributed by atoms with Crippen molar-refractivity contribution in [3.8, 4) is 0 Å². The monoisotopic (exact) mass is 814 g/mol. The molecule has 0 spiro atoms. The number of carbonyl (C=O) groups is 4. The third-order valence-electron chi connectivity index (χ3n) is 9.78. The van der Waals surface area contributed by atoms with Crippen LogP contribution in [-0.4, -0.2) is 120 Å². The van der Waals surface area contributed by atoms with Crippen LogP contribution in [0.2, 0.25) is 0 Å². The average molecular weight is 815 g/mol. The zero-order valence-electron chi connectivity index (χ0n) is 33.4. The number of para-hydroxylation sites is 1. The number of urea groups is 1. The van der Waals surface area contributed by atoms with E-state index in [1.807, 2.05) is 55.9 Å². The fourth-order valence-electron chi connectivity index (χ4n) is 6.90. The van der Waals surface area contributed by atoms with E-state index in [4.69, 9.17) is 30.4 Å². The summed E-state index contributed by atoms with van der Waals surface area (Å²) in [6, 6.07) is 9.26. The highest BCUT2D eigenvalue weighted by atomic mass is 17.1. The Hall–Kier alpha value is -4.73. The van der Waals surface area contributed by atoms with Crippen molar-refractivity contribution in [2.24, 2.45) is 13.0 Å². The second kappa shape index (κ2) is 23.6. The van der Waals surface area contributed by atoms with Gasteiger partial charge < -0.3 is 30.2 Å². The highest BCUT2D eigenvalue weighted by Gasteiger charge is 2.32. The Morgan fingerprint density at radius 1 is 0.828 bits per heavy atom. The van der Waals surface area contributed by atoms with Crippen LogP contribution in [0.15, 0.2) is 54.9 Å². The van der Waals surface area contributed by atoms with Gasteiger partial charge in [0.05, 0.1) is 17.4 Å². The third kappa shape index (κ3) is 15.2. The number of likely N-dealkylation sites (tertiary alicyclic amines) is 1. The molecule has 0 saturated carbocycles. The quantitative estimate of drug-likeness (QED) is 0.0437. The van der Waals surface area contributed by atoms with Crippen LogP contribution in [0.5, 0.6) is 0 Å². The summed E-state index contributed by atoms with van der Waals surface area (Å²) in [5, 5.41) is 44.1. The number of rotatable bonds is 22. The molecule has 1 fully saturated rings. The predicted molar refractivity (Wildman–Crippen MR) is 207 cm³/mol. The number of esters is 1. The van der Waals surface area contributed by atoms with Crippen molar-refractivity contribution in [1.29, 1.82) is 0 Å². The first-order valence-electron chi connectivity index (χ1n) is 19.7. The molecule has 19 nitrogen and oxygen atoms in total. The number of carbonyl (C=O) groups excluding carboxylic acids is 4. The lowest BCUT2D eigenvalue weighted by Crippen LogP contribution is -2.58. The Balaban J connectivity index is 1.52. The van der Waals surface area contributed by atoms with Gasteiger partial charge >= 0.3 is 12.0 Å². The maximum absolute atomic E-state index is 14.4. The molecule has 58 heavy (non-hydrogen) atoms. The number of aromatic nitrogens is 2. The molecule has 4 atom stereocenters. The number of benzene rings is 1. The Morgan fingerprint density at radius 3 is 2.19 bits per heavy atom. The molecular formula is C39H58N8O11. The number of aryl methyl sites for hydroxylation is 1. The lowest BCUT2D eigenvalue weighted by molar-refractivity contribution is -0.527. The molecule has 3 heterocycles. The number of pyridine rings is 1. The first kappa shape index (κ1) is 46.0. The van der Waals surface area contributed by atoms with Crippen LogP contribution >= 0.6 is 0 Å². The Morgan fingerprint density at radius 2 is 1.52 bits per heavy atom. The minimum Gasteiger partial charge on any atom is -0.464 e. The second-order valence-corrected chi connectivity index (χ2v) is 14.9. The molecule has 2 aromatic heterocycles. The molecule has 4 amide bonds. The molecule has 4 unspecified atom stereocenters. The molecule has 1 saturated heterocycles. The molecule has 0 aliphatic carbocycles. The molecule has 4 rings (SSSR count). The van der Waals surface area contributed by atoms with Crippen molar-refractivity contribution >= 4 is 34.7 Å². The van der Waals surface area contributed by atoms with Crippen LogP contribution < -0.4 is 16.0 Å². The Labute approximate surface area is 337 Å². The molecule has 1 aliphatic rings. The summed E-state index contributed by atoms with van der Waals surface area (Å²) in [4.78, 5) is 70.8. The van der Waals surface area contributed by atoms with E-state index in [0.29, 0.717) is 31.6 Å². The van der Waals surface area contributed by atoms with Gasteiger partial charge in [0.15, 0.2) is 0 Å². The molecule has 0 radical (unpaired) electrons. The van der Waals surface area contributed by atoms with Gasteiger partial charge in [0.25, 0.3) is 0 Å². The van der Waals surface area contributed by atoms with E-state index >= 15 is 0 Å². The van der Waals surface area contributed by atoms with Crippen molar-refractivity contribution in [3.05, 3.63) is 66.1 Å². The first-order valence-corrected chi connectivity index (χ1v) is 19.7. The number of fused-ring (bicyclic) bond motifs is 1. The number of nitrogens with zero attached hydrogens (tertiary/aromatic N) is 5. The summed E-state index contributed by atoms with van der Waals surface area (Å²) in [6.07, 6.45) is 7.47. The largest absolute Gasteiger partial charge is 0.464 e. The third-order valence-corrected chi connectivity index (χ3v) is 9.78. The van der Waals surface area contributed by atoms with E-state index in [1.54, 1.807) is 29.3 Å². The number of hydrogen-bond acceptors (Lipinski definition) is 14. The van der Waals surface area contributed by atoms with Gasteiger partial charge in [0.1, 0.15) is 30.8 Å². The zero-order valence-corrected chi connectivity index (χ0v) is 33.4. The van der Waals surface area contributed by atoms with Crippen molar-refractivity contribution in [3.63, 3.8) is 0 Å². The van der Waals surface area contributed by atoms with E-state index < -0.39 is 59.4 Å². The maximum atomic E-state index is 14.4. The van der Waals surface area contributed by atoms with E-state index in [9.17, 15) is 19.2 Å². The highest BCUT2D eigenvalue weighted by molar-refractivity contribution is 5.94. The van der Waals surface area contributed by atoms with Crippen LogP contribution in [0.25, 0.3) is 10.9 Å². The van der Waals surface area contributed by atoms with Crippen LogP contribution in [0, 0.1) is 5.92 Å². The number of hydrogen-bond donors (Lipinski definition) is 7. The molecular weight excluding hydrogens is 756 g/mol. The minimum absolute atomic E-state index is 0.0167. The van der Waals surface area contributed by atoms with Crippen LogP contribution in [0.1, 0.15) is 76.5 Å². The van der Waals surface area contributed by atoms with Gasteiger partial charge in [-0.15, -0.1) is 0 Å². The summed E-state index contributed by atoms with van der Waals surface area (Å²) in [6.45, 7) is 4.58. The molecule has 19 heteroatoms. The van der Waals surface area contributed by atoms with Crippen molar-refractivity contribution in [2.45, 2.75) is 102 Å². The molecule has 0 bridgehead atoms. The van der Waals surface area contributed by atoms with Gasteiger partial charge in [-0.2, -0.15) is 0 Å². The minimum atomic E-state index is -1.20. The van der Waals surface area contributed by atoms with E-state index in [2.05, 4.69) is 25.8 Å². The number of ether oxygens (including phenoxy) is 1. The summed E-state index contributed by atoms with van der Waals surface area (Å²) >= 11 is 0. The van der Waals surface area contributed by atoms with Gasteiger partial charge in [-0.3, -0.25) is 35.4 Å². The normalized spacial score (nSPS) is 15.5. The molecule has 1 aliphatic heterocycles. The summed E-state index contributed by atoms with van der Waals surface area (Å²) in [5.74, 6) is -1.87. The molecule has 320 valence electrons. The van der Waals surface area contributed by atoms with Gasteiger partial charge in [0, 0.05) is 62.0 Å². The molecule has 3 aromatic rings. The summed E-state index contributed by atoms with van der Waals surface area (Å²) in [5.41, 5.74) is 2.23. The smallest absolute Gasteiger partial charge is 0.329 e. The standard InChI is InChI=1S/C39H58N8O11/c1-27(2)22-32(43-39(51)45-19-11-4-5-12-20-45)36(48)41-33(23-28-25-44(3)35-17-7-6-16-31(28)35)37(49)42-34(24-29-14-8-10-18-40-29)38(50)56-21-13-9-15-30(58-47(54)55)26-57-46(52)53/h6-8,10,14,16-18,25,27,30,32-34,52-55H,4-5,9,11-13,15,19-24,26H2,1-3H3,(H,41,48)(H,42,49)(H,43,51). The van der Waals surface area contributed by atoms with Crippen LogP contribution in [-0.2, 0) is 48.7 Å². The topological polar surface area (TPSA) is 241 Å². The Bertz CT molecular complexity index is 1730. The van der Waals surface area contributed by atoms with Crippen LogP contribution in [0.4, 0.5) is 4.79 Å². The lowest BCUT2D eigenvalue weighted by atomic mass is 10.0. The lowest BCUT2D eigenvalue weighted by Gasteiger charge is -2.28. The summed E-state index contributed by atoms with van der Waals surface area (Å²) < 4.78 is 7.51. The number of unbranched alkanes of at least 4 members (excludes halogenated alkanes) is 1. The maximum Gasteiger partial charge on any atom is 0.329 e. The first-order chi connectivity index (χ1) is 27.8.